The van der Waals surface area contributed by atoms with E-state index in [1.165, 1.54) is 0 Å². The Morgan fingerprint density at radius 3 is 2.95 bits per heavy atom. The molecule has 1 amide bonds. The standard InChI is InChI=1S/C16H22N4O2/c1-12(10-22-2)13-5-8-19(9-6-13)16(21)14-4-3-7-20-11-17-18-15(14)20/h3-4,7,11-13H,5-6,8-10H2,1-2H3/t12-/m0/s1. The molecule has 2 aromatic rings. The van der Waals surface area contributed by atoms with E-state index < -0.39 is 0 Å². The van der Waals surface area contributed by atoms with E-state index in [9.17, 15) is 4.79 Å². The summed E-state index contributed by atoms with van der Waals surface area (Å²) in [5.74, 6) is 1.23. The highest BCUT2D eigenvalue weighted by atomic mass is 16.5. The first-order valence-corrected chi connectivity index (χ1v) is 7.77. The van der Waals surface area contributed by atoms with E-state index in [4.69, 9.17) is 4.74 Å². The van der Waals surface area contributed by atoms with Gasteiger partial charge in [-0.3, -0.25) is 9.20 Å². The molecular weight excluding hydrogens is 280 g/mol. The van der Waals surface area contributed by atoms with Crippen LogP contribution < -0.4 is 0 Å². The van der Waals surface area contributed by atoms with Gasteiger partial charge < -0.3 is 9.64 Å². The van der Waals surface area contributed by atoms with Crippen LogP contribution in [0.4, 0.5) is 0 Å². The minimum Gasteiger partial charge on any atom is -0.384 e. The highest BCUT2D eigenvalue weighted by Gasteiger charge is 2.27. The van der Waals surface area contributed by atoms with Crippen molar-refractivity contribution >= 4 is 11.6 Å². The predicted molar refractivity (Wildman–Crippen MR) is 82.7 cm³/mol. The fourth-order valence-electron chi connectivity index (χ4n) is 3.26. The van der Waals surface area contributed by atoms with Crippen LogP contribution in [0.1, 0.15) is 30.1 Å². The summed E-state index contributed by atoms with van der Waals surface area (Å²) in [6, 6.07) is 3.68. The maximum atomic E-state index is 12.7. The zero-order valence-corrected chi connectivity index (χ0v) is 13.1. The molecular formula is C16H22N4O2. The number of fused-ring (bicyclic) bond motifs is 1. The van der Waals surface area contributed by atoms with Crippen molar-refractivity contribution in [1.29, 1.82) is 0 Å². The van der Waals surface area contributed by atoms with Gasteiger partial charge in [-0.15, -0.1) is 10.2 Å². The Labute approximate surface area is 130 Å². The molecule has 1 saturated heterocycles. The smallest absolute Gasteiger partial charge is 0.257 e. The third-order valence-corrected chi connectivity index (χ3v) is 4.62. The van der Waals surface area contributed by atoms with Crippen LogP contribution in [0.5, 0.6) is 0 Å². The first-order chi connectivity index (χ1) is 10.7. The zero-order valence-electron chi connectivity index (χ0n) is 13.1. The lowest BCUT2D eigenvalue weighted by atomic mass is 9.86. The maximum absolute atomic E-state index is 12.7. The normalized spacial score (nSPS) is 17.8. The van der Waals surface area contributed by atoms with Gasteiger partial charge in [0.2, 0.25) is 0 Å². The molecule has 0 saturated carbocycles. The molecule has 0 N–H and O–H groups in total. The average molecular weight is 302 g/mol. The Kier molecular flexibility index (Phi) is 4.38. The van der Waals surface area contributed by atoms with Crippen molar-refractivity contribution in [3.8, 4) is 0 Å². The number of ether oxygens (including phenoxy) is 1. The van der Waals surface area contributed by atoms with Gasteiger partial charge in [0.1, 0.15) is 6.33 Å². The third-order valence-electron chi connectivity index (χ3n) is 4.62. The van der Waals surface area contributed by atoms with E-state index >= 15 is 0 Å². The van der Waals surface area contributed by atoms with Gasteiger partial charge in [0.15, 0.2) is 5.65 Å². The van der Waals surface area contributed by atoms with Gasteiger partial charge in [-0.25, -0.2) is 0 Å². The van der Waals surface area contributed by atoms with E-state index in [0.717, 1.165) is 32.5 Å². The molecule has 1 atom stereocenters. The molecule has 1 aliphatic rings. The highest BCUT2D eigenvalue weighted by Crippen LogP contribution is 2.26. The van der Waals surface area contributed by atoms with E-state index in [0.29, 0.717) is 23.0 Å². The number of likely N-dealkylation sites (tertiary alicyclic amines) is 1. The molecule has 118 valence electrons. The molecule has 0 aliphatic carbocycles. The lowest BCUT2D eigenvalue weighted by Crippen LogP contribution is -2.40. The molecule has 6 heteroatoms. The van der Waals surface area contributed by atoms with Gasteiger partial charge in [0.25, 0.3) is 5.91 Å². The minimum atomic E-state index is 0.0523. The van der Waals surface area contributed by atoms with Crippen LogP contribution in [0, 0.1) is 11.8 Å². The zero-order chi connectivity index (χ0) is 15.5. The molecule has 3 heterocycles. The first-order valence-electron chi connectivity index (χ1n) is 7.77. The molecule has 0 radical (unpaired) electrons. The van der Waals surface area contributed by atoms with Gasteiger partial charge in [0, 0.05) is 33.0 Å². The summed E-state index contributed by atoms with van der Waals surface area (Å²) in [6.07, 6.45) is 5.54. The summed E-state index contributed by atoms with van der Waals surface area (Å²) in [5.41, 5.74) is 1.26. The summed E-state index contributed by atoms with van der Waals surface area (Å²) in [7, 11) is 1.74. The molecule has 2 aromatic heterocycles. The largest absolute Gasteiger partial charge is 0.384 e. The second kappa shape index (κ2) is 6.44. The maximum Gasteiger partial charge on any atom is 0.257 e. The number of piperidine rings is 1. The van der Waals surface area contributed by atoms with Crippen molar-refractivity contribution in [3.63, 3.8) is 0 Å². The van der Waals surface area contributed by atoms with Crippen LogP contribution in [0.2, 0.25) is 0 Å². The first kappa shape index (κ1) is 15.0. The van der Waals surface area contributed by atoms with Crippen molar-refractivity contribution in [3.05, 3.63) is 30.2 Å². The Hall–Kier alpha value is -1.95. The van der Waals surface area contributed by atoms with Crippen LogP contribution >= 0.6 is 0 Å². The number of pyridine rings is 1. The number of methoxy groups -OCH3 is 1. The van der Waals surface area contributed by atoms with Crippen molar-refractivity contribution in [2.75, 3.05) is 26.8 Å². The average Bonchev–Trinajstić information content (AvgIpc) is 3.03. The highest BCUT2D eigenvalue weighted by molar-refractivity contribution is 5.99. The van der Waals surface area contributed by atoms with Crippen LogP contribution in [0.25, 0.3) is 5.65 Å². The summed E-state index contributed by atoms with van der Waals surface area (Å²) < 4.78 is 7.02. The van der Waals surface area contributed by atoms with E-state index in [1.54, 1.807) is 17.8 Å². The minimum absolute atomic E-state index is 0.0523. The molecule has 3 rings (SSSR count). The number of carbonyl (C=O) groups excluding carboxylic acids is 1. The second-order valence-electron chi connectivity index (χ2n) is 6.05. The number of hydrogen-bond donors (Lipinski definition) is 0. The van der Waals surface area contributed by atoms with E-state index in [2.05, 4.69) is 17.1 Å². The predicted octanol–water partition coefficient (Wildman–Crippen LogP) is 1.86. The summed E-state index contributed by atoms with van der Waals surface area (Å²) >= 11 is 0. The molecule has 1 aliphatic heterocycles. The number of carbonyl (C=O) groups is 1. The lowest BCUT2D eigenvalue weighted by molar-refractivity contribution is 0.0600. The van der Waals surface area contributed by atoms with Crippen molar-refractivity contribution in [1.82, 2.24) is 19.5 Å². The van der Waals surface area contributed by atoms with Crippen LogP contribution in [-0.2, 0) is 4.74 Å². The Morgan fingerprint density at radius 2 is 2.23 bits per heavy atom. The van der Waals surface area contributed by atoms with Crippen molar-refractivity contribution in [2.45, 2.75) is 19.8 Å². The van der Waals surface area contributed by atoms with Crippen LogP contribution in [-0.4, -0.2) is 52.2 Å². The van der Waals surface area contributed by atoms with E-state index in [1.807, 2.05) is 23.2 Å². The SMILES string of the molecule is COC[C@H](C)C1CCN(C(=O)c2cccn3cnnc23)CC1. The Morgan fingerprint density at radius 1 is 1.45 bits per heavy atom. The number of rotatable bonds is 4. The fraction of sp³-hybridized carbons (Fsp3) is 0.562. The Balaban J connectivity index is 1.69. The molecule has 0 unspecified atom stereocenters. The van der Waals surface area contributed by atoms with Crippen molar-refractivity contribution in [2.24, 2.45) is 11.8 Å². The summed E-state index contributed by atoms with van der Waals surface area (Å²) in [5, 5.41) is 7.92. The van der Waals surface area contributed by atoms with E-state index in [-0.39, 0.29) is 5.91 Å². The van der Waals surface area contributed by atoms with Crippen molar-refractivity contribution < 1.29 is 9.53 Å². The number of hydrogen-bond acceptors (Lipinski definition) is 4. The van der Waals surface area contributed by atoms with Gasteiger partial charge >= 0.3 is 0 Å². The number of aromatic nitrogens is 3. The molecule has 0 bridgehead atoms. The quantitative estimate of drug-likeness (QED) is 0.865. The fourth-order valence-corrected chi connectivity index (χ4v) is 3.26. The summed E-state index contributed by atoms with van der Waals surface area (Å²) in [4.78, 5) is 14.7. The molecule has 1 fully saturated rings. The Bertz CT molecular complexity index is 646. The molecule has 0 aromatic carbocycles. The lowest BCUT2D eigenvalue weighted by Gasteiger charge is -2.34. The summed E-state index contributed by atoms with van der Waals surface area (Å²) in [6.45, 7) is 4.61. The van der Waals surface area contributed by atoms with Gasteiger partial charge in [-0.2, -0.15) is 0 Å². The van der Waals surface area contributed by atoms with Gasteiger partial charge in [-0.1, -0.05) is 6.92 Å². The number of amides is 1. The molecule has 6 nitrogen and oxygen atoms in total. The van der Waals surface area contributed by atoms with Crippen LogP contribution in [0.15, 0.2) is 24.7 Å². The number of nitrogens with zero attached hydrogens (tertiary/aromatic N) is 4. The molecule has 22 heavy (non-hydrogen) atoms. The third kappa shape index (κ3) is 2.83. The van der Waals surface area contributed by atoms with Gasteiger partial charge in [-0.05, 0) is 36.8 Å². The monoisotopic (exact) mass is 302 g/mol. The van der Waals surface area contributed by atoms with Gasteiger partial charge in [0.05, 0.1) is 5.56 Å². The van der Waals surface area contributed by atoms with Crippen LogP contribution in [0.3, 0.4) is 0 Å². The molecule has 0 spiro atoms. The topological polar surface area (TPSA) is 59.7 Å². The second-order valence-corrected chi connectivity index (χ2v) is 6.05.